The smallest absolute Gasteiger partial charge is 0.201 e. The number of benzene rings is 2. The van der Waals surface area contributed by atoms with Crippen LogP contribution in [-0.2, 0) is 4.74 Å². The van der Waals surface area contributed by atoms with Gasteiger partial charge in [0.2, 0.25) is 5.82 Å². The Bertz CT molecular complexity index is 845. The monoisotopic (exact) mass is 434 g/mol. The van der Waals surface area contributed by atoms with Crippen LogP contribution in [0.4, 0.5) is 13.2 Å². The highest BCUT2D eigenvalue weighted by Gasteiger charge is 2.25. The molecule has 0 saturated carbocycles. The van der Waals surface area contributed by atoms with Gasteiger partial charge in [-0.3, -0.25) is 0 Å². The molecule has 1 aliphatic heterocycles. The van der Waals surface area contributed by atoms with Crippen LogP contribution in [-0.4, -0.2) is 13.2 Å². The predicted molar refractivity (Wildman–Crippen MR) is 118 cm³/mol. The third-order valence-electron chi connectivity index (χ3n) is 6.00. The molecule has 2 aromatic rings. The van der Waals surface area contributed by atoms with E-state index in [-0.39, 0.29) is 17.4 Å². The summed E-state index contributed by atoms with van der Waals surface area (Å²) in [7, 11) is 0. The second-order valence-corrected chi connectivity index (χ2v) is 8.44. The molecule has 1 heterocycles. The molecule has 2 nitrogen and oxygen atoms in total. The number of unbranched alkanes of at least 4 members (excludes halogenated alkanes) is 3. The van der Waals surface area contributed by atoms with Crippen molar-refractivity contribution >= 4 is 0 Å². The lowest BCUT2D eigenvalue weighted by Crippen LogP contribution is -2.21. The van der Waals surface area contributed by atoms with Crippen molar-refractivity contribution in [1.82, 2.24) is 0 Å². The number of hydrogen-bond donors (Lipinski definition) is 0. The summed E-state index contributed by atoms with van der Waals surface area (Å²) in [4.78, 5) is 0. The van der Waals surface area contributed by atoms with Gasteiger partial charge in [-0.1, -0.05) is 51.7 Å². The summed E-state index contributed by atoms with van der Waals surface area (Å²) < 4.78 is 54.9. The Morgan fingerprint density at radius 2 is 1.77 bits per heavy atom. The fourth-order valence-corrected chi connectivity index (χ4v) is 4.17. The first-order valence-electron chi connectivity index (χ1n) is 11.6. The van der Waals surface area contributed by atoms with E-state index in [0.717, 1.165) is 19.3 Å². The Morgan fingerprint density at radius 1 is 0.935 bits per heavy atom. The third kappa shape index (κ3) is 6.03. The van der Waals surface area contributed by atoms with Crippen molar-refractivity contribution in [3.05, 3.63) is 53.3 Å². The molecule has 2 unspecified atom stereocenters. The lowest BCUT2D eigenvalue weighted by molar-refractivity contribution is -0.0215. The first-order valence-corrected chi connectivity index (χ1v) is 11.6. The third-order valence-corrected chi connectivity index (χ3v) is 6.00. The highest BCUT2D eigenvalue weighted by Crippen LogP contribution is 2.36. The standard InChI is InChI=1S/C26H33F3O2/c1-3-5-6-7-8-18-9-13-23(31-17-18)21-11-10-19(16-22(21)27)20-12-14-24(30-15-4-2)26(29)25(20)28/h10-12,14,16,18,23H,3-9,13,15,17H2,1-2H3. The van der Waals surface area contributed by atoms with Gasteiger partial charge in [0, 0.05) is 11.1 Å². The van der Waals surface area contributed by atoms with E-state index in [1.165, 1.54) is 43.9 Å². The molecule has 2 atom stereocenters. The van der Waals surface area contributed by atoms with Crippen molar-refractivity contribution < 1.29 is 22.6 Å². The molecule has 0 aliphatic carbocycles. The summed E-state index contributed by atoms with van der Waals surface area (Å²) in [5, 5.41) is 0. The van der Waals surface area contributed by atoms with Crippen LogP contribution in [0.5, 0.6) is 5.75 Å². The van der Waals surface area contributed by atoms with Crippen LogP contribution >= 0.6 is 0 Å². The van der Waals surface area contributed by atoms with Gasteiger partial charge < -0.3 is 9.47 Å². The molecule has 1 aliphatic rings. The van der Waals surface area contributed by atoms with E-state index < -0.39 is 17.5 Å². The van der Waals surface area contributed by atoms with Crippen molar-refractivity contribution in [3.63, 3.8) is 0 Å². The molecular weight excluding hydrogens is 401 g/mol. The van der Waals surface area contributed by atoms with E-state index in [0.29, 0.717) is 36.7 Å². The highest BCUT2D eigenvalue weighted by molar-refractivity contribution is 5.66. The van der Waals surface area contributed by atoms with E-state index in [9.17, 15) is 13.2 Å². The Kier molecular flexibility index (Phi) is 8.82. The fraction of sp³-hybridized carbons (Fsp3) is 0.538. The van der Waals surface area contributed by atoms with Crippen molar-refractivity contribution in [1.29, 1.82) is 0 Å². The molecule has 31 heavy (non-hydrogen) atoms. The molecule has 1 fully saturated rings. The Morgan fingerprint density at radius 3 is 2.45 bits per heavy atom. The van der Waals surface area contributed by atoms with Gasteiger partial charge in [0.1, 0.15) is 5.82 Å². The van der Waals surface area contributed by atoms with Crippen molar-refractivity contribution in [3.8, 4) is 16.9 Å². The zero-order valence-corrected chi connectivity index (χ0v) is 18.6. The van der Waals surface area contributed by atoms with Gasteiger partial charge >= 0.3 is 0 Å². The first kappa shape index (κ1) is 23.6. The molecule has 0 amide bonds. The quantitative estimate of drug-likeness (QED) is 0.353. The lowest BCUT2D eigenvalue weighted by atomic mass is 9.90. The normalized spacial score (nSPS) is 18.9. The van der Waals surface area contributed by atoms with Gasteiger partial charge in [0.05, 0.1) is 19.3 Å². The largest absolute Gasteiger partial charge is 0.490 e. The predicted octanol–water partition coefficient (Wildman–Crippen LogP) is 8.00. The minimum absolute atomic E-state index is 0.0171. The van der Waals surface area contributed by atoms with Crippen LogP contribution in [0.1, 0.15) is 76.9 Å². The molecule has 0 aromatic heterocycles. The maximum atomic E-state index is 14.9. The van der Waals surface area contributed by atoms with Gasteiger partial charge in [0.25, 0.3) is 0 Å². The van der Waals surface area contributed by atoms with Gasteiger partial charge in [-0.15, -0.1) is 0 Å². The van der Waals surface area contributed by atoms with E-state index in [2.05, 4.69) is 6.92 Å². The van der Waals surface area contributed by atoms with Crippen molar-refractivity contribution in [2.75, 3.05) is 13.2 Å². The van der Waals surface area contributed by atoms with Crippen LogP contribution < -0.4 is 4.74 Å². The van der Waals surface area contributed by atoms with Crippen LogP contribution in [0.2, 0.25) is 0 Å². The van der Waals surface area contributed by atoms with Crippen molar-refractivity contribution in [2.24, 2.45) is 5.92 Å². The molecule has 0 spiro atoms. The summed E-state index contributed by atoms with van der Waals surface area (Å²) in [6.45, 7) is 5.05. The SMILES string of the molecule is CCCCCCC1CCC(c2ccc(-c3ccc(OCCC)c(F)c3F)cc2F)OC1. The summed E-state index contributed by atoms with van der Waals surface area (Å²) >= 11 is 0. The summed E-state index contributed by atoms with van der Waals surface area (Å²) in [5.74, 6) is -2.10. The number of ether oxygens (including phenoxy) is 2. The molecular formula is C26H33F3O2. The molecule has 170 valence electrons. The van der Waals surface area contributed by atoms with Gasteiger partial charge in [-0.25, -0.2) is 8.78 Å². The summed E-state index contributed by atoms with van der Waals surface area (Å²) in [5.41, 5.74) is 0.796. The van der Waals surface area contributed by atoms with Gasteiger partial charge in [0.15, 0.2) is 11.6 Å². The average Bonchev–Trinajstić information content (AvgIpc) is 2.78. The molecule has 2 aromatic carbocycles. The van der Waals surface area contributed by atoms with E-state index in [1.54, 1.807) is 12.1 Å². The second-order valence-electron chi connectivity index (χ2n) is 8.44. The Balaban J connectivity index is 1.65. The molecule has 0 radical (unpaired) electrons. The van der Waals surface area contributed by atoms with Crippen LogP contribution in [0.25, 0.3) is 11.1 Å². The van der Waals surface area contributed by atoms with Crippen LogP contribution in [0.3, 0.4) is 0 Å². The Labute approximate surface area is 183 Å². The van der Waals surface area contributed by atoms with E-state index in [4.69, 9.17) is 9.47 Å². The second kappa shape index (κ2) is 11.6. The minimum atomic E-state index is -1.05. The molecule has 3 rings (SSSR count). The molecule has 0 N–H and O–H groups in total. The van der Waals surface area contributed by atoms with Crippen molar-refractivity contribution in [2.45, 2.75) is 71.3 Å². The minimum Gasteiger partial charge on any atom is -0.490 e. The van der Waals surface area contributed by atoms with E-state index in [1.807, 2.05) is 6.92 Å². The average molecular weight is 435 g/mol. The van der Waals surface area contributed by atoms with Crippen LogP contribution in [0, 0.1) is 23.4 Å². The number of rotatable bonds is 10. The zero-order valence-electron chi connectivity index (χ0n) is 18.6. The number of halogens is 3. The zero-order chi connectivity index (χ0) is 22.2. The first-order chi connectivity index (χ1) is 15.0. The summed E-state index contributed by atoms with van der Waals surface area (Å²) in [6.07, 6.45) is 8.36. The van der Waals surface area contributed by atoms with Gasteiger partial charge in [-0.05, 0) is 55.4 Å². The fourth-order valence-electron chi connectivity index (χ4n) is 4.17. The molecule has 5 heteroatoms. The maximum Gasteiger partial charge on any atom is 0.201 e. The number of hydrogen-bond acceptors (Lipinski definition) is 2. The topological polar surface area (TPSA) is 18.5 Å². The lowest BCUT2D eigenvalue weighted by Gasteiger charge is -2.29. The summed E-state index contributed by atoms with van der Waals surface area (Å²) in [6, 6.07) is 7.34. The molecule has 0 bridgehead atoms. The van der Waals surface area contributed by atoms with E-state index >= 15 is 0 Å². The Hall–Kier alpha value is -2.01. The van der Waals surface area contributed by atoms with Gasteiger partial charge in [-0.2, -0.15) is 4.39 Å². The maximum absolute atomic E-state index is 14.9. The highest BCUT2D eigenvalue weighted by atomic mass is 19.2. The molecule has 1 saturated heterocycles. The van der Waals surface area contributed by atoms with Crippen LogP contribution in [0.15, 0.2) is 30.3 Å².